The van der Waals surface area contributed by atoms with Gasteiger partial charge in [-0.15, -0.1) is 0 Å². The lowest BCUT2D eigenvalue weighted by Gasteiger charge is -2.11. The van der Waals surface area contributed by atoms with E-state index in [9.17, 15) is 35.1 Å². The second-order valence-corrected chi connectivity index (χ2v) is 2.98. The Kier molecular flexibility index (Phi) is 6.11. The molecule has 0 saturated heterocycles. The lowest BCUT2D eigenvalue weighted by Crippen LogP contribution is -2.28. The molecular weight excluding hydrogens is 271 g/mol. The molecule has 0 nitrogen and oxygen atoms in total. The SMILES string of the molecule is FC(F)(F)C(F)(Cl)Cl.FCC(F)(F)F. The fourth-order valence-electron chi connectivity index (χ4n) is 0. The Balaban J connectivity index is 0. The first kappa shape index (κ1) is 16.4. The van der Waals surface area contributed by atoms with Crippen molar-refractivity contribution < 1.29 is 35.1 Å². The minimum atomic E-state index is -5.20. The lowest BCUT2D eigenvalue weighted by atomic mass is 10.7. The third-order valence-electron chi connectivity index (χ3n) is 0.473. The monoisotopic (exact) mass is 272 g/mol. The predicted octanol–water partition coefficient (Wildman–Crippen LogP) is 4.17. The maximum atomic E-state index is 11.3. The quantitative estimate of drug-likeness (QED) is 0.459. The summed E-state index contributed by atoms with van der Waals surface area (Å²) in [7, 11) is 0. The molecule has 0 bridgehead atoms. The Hall–Kier alpha value is 0.0200. The number of hydrogen-bond donors (Lipinski definition) is 0. The van der Waals surface area contributed by atoms with Gasteiger partial charge >= 0.3 is 16.9 Å². The van der Waals surface area contributed by atoms with Crippen molar-refractivity contribution in [1.29, 1.82) is 0 Å². The Morgan fingerprint density at radius 1 is 0.786 bits per heavy atom. The first-order valence-electron chi connectivity index (χ1n) is 2.57. The molecule has 0 aromatic rings. The number of halogens is 10. The summed E-state index contributed by atoms with van der Waals surface area (Å²) >= 11 is 7.97. The van der Waals surface area contributed by atoms with Gasteiger partial charge in [0, 0.05) is 0 Å². The first-order valence-corrected chi connectivity index (χ1v) is 3.33. The van der Waals surface area contributed by atoms with Crippen LogP contribution in [-0.2, 0) is 0 Å². The van der Waals surface area contributed by atoms with Crippen LogP contribution in [0.1, 0.15) is 0 Å². The summed E-state index contributed by atoms with van der Waals surface area (Å²) in [6.07, 6.45) is -9.82. The predicted molar refractivity (Wildman–Crippen MR) is 33.6 cm³/mol. The summed E-state index contributed by atoms with van der Waals surface area (Å²) in [5.74, 6) is 0. The van der Waals surface area contributed by atoms with Gasteiger partial charge in [0.05, 0.1) is 0 Å². The molecule has 0 aliphatic rings. The average molecular weight is 273 g/mol. The molecule has 0 aromatic carbocycles. The van der Waals surface area contributed by atoms with Gasteiger partial charge < -0.3 is 0 Å². The Morgan fingerprint density at radius 3 is 0.929 bits per heavy atom. The van der Waals surface area contributed by atoms with Gasteiger partial charge in [0.1, 0.15) is 0 Å². The number of hydrogen-bond acceptors (Lipinski definition) is 0. The van der Waals surface area contributed by atoms with Crippen LogP contribution in [0.5, 0.6) is 0 Å². The second kappa shape index (κ2) is 5.20. The molecule has 0 amide bonds. The molecule has 0 unspecified atom stereocenters. The van der Waals surface area contributed by atoms with Crippen molar-refractivity contribution in [2.24, 2.45) is 0 Å². The van der Waals surface area contributed by atoms with Crippen LogP contribution in [-0.4, -0.2) is 23.6 Å². The zero-order chi connectivity index (χ0) is 12.2. The van der Waals surface area contributed by atoms with Crippen LogP contribution in [0.4, 0.5) is 35.1 Å². The number of alkyl halides is 10. The molecule has 0 aliphatic carbocycles. The van der Waals surface area contributed by atoms with Crippen LogP contribution < -0.4 is 0 Å². The van der Waals surface area contributed by atoms with E-state index in [1.54, 1.807) is 0 Å². The normalized spacial score (nSPS) is 13.3. The van der Waals surface area contributed by atoms with Crippen LogP contribution in [0.3, 0.4) is 0 Å². The van der Waals surface area contributed by atoms with E-state index in [0.717, 1.165) is 0 Å². The molecule has 0 heterocycles. The van der Waals surface area contributed by atoms with Crippen LogP contribution in [0.2, 0.25) is 0 Å². The molecular formula is C4H2Cl2F8. The summed E-state index contributed by atoms with van der Waals surface area (Å²) in [6.45, 7) is -2.23. The highest BCUT2D eigenvalue weighted by Gasteiger charge is 2.53. The van der Waals surface area contributed by atoms with Crippen LogP contribution in [0.15, 0.2) is 0 Å². The van der Waals surface area contributed by atoms with Crippen molar-refractivity contribution in [3.8, 4) is 0 Å². The Morgan fingerprint density at radius 2 is 0.929 bits per heavy atom. The van der Waals surface area contributed by atoms with E-state index < -0.39 is 23.6 Å². The van der Waals surface area contributed by atoms with Crippen LogP contribution >= 0.6 is 23.2 Å². The largest absolute Gasteiger partial charge is 0.452 e. The maximum Gasteiger partial charge on any atom is 0.452 e. The molecule has 0 aromatic heterocycles. The molecule has 0 fully saturated rings. The van der Waals surface area contributed by atoms with Crippen molar-refractivity contribution in [1.82, 2.24) is 0 Å². The lowest BCUT2D eigenvalue weighted by molar-refractivity contribution is -0.170. The van der Waals surface area contributed by atoms with Crippen molar-refractivity contribution in [2.45, 2.75) is 16.9 Å². The van der Waals surface area contributed by atoms with E-state index in [1.807, 2.05) is 0 Å². The van der Waals surface area contributed by atoms with Crippen LogP contribution in [0, 0.1) is 0 Å². The maximum absolute atomic E-state index is 11.3. The molecule has 0 spiro atoms. The molecule has 0 aliphatic heterocycles. The van der Waals surface area contributed by atoms with Gasteiger partial charge in [-0.3, -0.25) is 0 Å². The van der Waals surface area contributed by atoms with Gasteiger partial charge in [-0.25, -0.2) is 4.39 Å². The number of rotatable bonds is 0. The molecule has 0 saturated carbocycles. The molecule has 88 valence electrons. The van der Waals surface area contributed by atoms with Gasteiger partial charge in [-0.05, 0) is 0 Å². The van der Waals surface area contributed by atoms with Gasteiger partial charge in [0.25, 0.3) is 0 Å². The van der Waals surface area contributed by atoms with Crippen molar-refractivity contribution in [3.63, 3.8) is 0 Å². The molecule has 14 heavy (non-hydrogen) atoms. The fourth-order valence-corrected chi connectivity index (χ4v) is 0. The highest BCUT2D eigenvalue weighted by Crippen LogP contribution is 2.40. The van der Waals surface area contributed by atoms with Gasteiger partial charge in [0.15, 0.2) is 6.67 Å². The summed E-state index contributed by atoms with van der Waals surface area (Å²) < 4.78 is 81.6. The zero-order valence-corrected chi connectivity index (χ0v) is 7.50. The third kappa shape index (κ3) is 10.1. The highest BCUT2D eigenvalue weighted by molar-refractivity contribution is 6.47. The molecule has 10 heteroatoms. The first-order chi connectivity index (χ1) is 5.81. The van der Waals surface area contributed by atoms with Crippen molar-refractivity contribution in [3.05, 3.63) is 0 Å². The van der Waals surface area contributed by atoms with E-state index in [1.165, 1.54) is 0 Å². The molecule has 0 atom stereocenters. The minimum Gasteiger partial charge on any atom is -0.241 e. The van der Waals surface area contributed by atoms with E-state index in [-0.39, 0.29) is 0 Å². The molecule has 0 rings (SSSR count). The average Bonchev–Trinajstić information content (AvgIpc) is 1.82. The summed E-state index contributed by atoms with van der Waals surface area (Å²) in [6, 6.07) is 0. The van der Waals surface area contributed by atoms with Crippen molar-refractivity contribution in [2.75, 3.05) is 6.67 Å². The van der Waals surface area contributed by atoms with Gasteiger partial charge in [0.2, 0.25) is 0 Å². The zero-order valence-electron chi connectivity index (χ0n) is 5.99. The molecule has 0 N–H and O–H groups in total. The van der Waals surface area contributed by atoms with Gasteiger partial charge in [-0.2, -0.15) is 30.7 Å². The topological polar surface area (TPSA) is 0 Å². The van der Waals surface area contributed by atoms with E-state index in [2.05, 4.69) is 23.2 Å². The summed E-state index contributed by atoms with van der Waals surface area (Å²) in [4.78, 5) is 0. The smallest absolute Gasteiger partial charge is 0.241 e. The molecule has 0 radical (unpaired) electrons. The van der Waals surface area contributed by atoms with E-state index in [4.69, 9.17) is 0 Å². The third-order valence-corrected chi connectivity index (χ3v) is 0.902. The minimum absolute atomic E-state index is 2.23. The van der Waals surface area contributed by atoms with Crippen molar-refractivity contribution >= 4 is 23.2 Å². The van der Waals surface area contributed by atoms with Gasteiger partial charge in [-0.1, -0.05) is 23.2 Å². The highest BCUT2D eigenvalue weighted by atomic mass is 35.5. The summed E-state index contributed by atoms with van der Waals surface area (Å²) in [5, 5.41) is 0. The van der Waals surface area contributed by atoms with E-state index in [0.29, 0.717) is 0 Å². The Bertz CT molecular complexity index is 140. The summed E-state index contributed by atoms with van der Waals surface area (Å²) in [5.41, 5.74) is 0. The Labute approximate surface area is 82.8 Å². The fraction of sp³-hybridized carbons (Fsp3) is 1.00. The second-order valence-electron chi connectivity index (χ2n) is 1.74. The standard InChI is InChI=1S/C2Cl2F4.C2H2F4/c3-1(4,5)2(6,7)8;3-1-2(4,5)6/h;1H2. The van der Waals surface area contributed by atoms with E-state index >= 15 is 0 Å². The van der Waals surface area contributed by atoms with Crippen LogP contribution in [0.25, 0.3) is 0 Å².